The number of benzene rings is 1. The average Bonchev–Trinajstić information content (AvgIpc) is 3.17. The van der Waals surface area contributed by atoms with Crippen molar-refractivity contribution in [2.75, 3.05) is 26.2 Å². The summed E-state index contributed by atoms with van der Waals surface area (Å²) in [5.41, 5.74) is -0.970. The Morgan fingerprint density at radius 1 is 1.33 bits per heavy atom. The molecule has 132 valence electrons. The van der Waals surface area contributed by atoms with Gasteiger partial charge in [-0.3, -0.25) is 9.69 Å². The second-order valence-electron chi connectivity index (χ2n) is 6.98. The maximum Gasteiger partial charge on any atom is 0.234 e. The Bertz CT molecular complexity index is 560. The van der Waals surface area contributed by atoms with Crippen LogP contribution >= 0.6 is 0 Å². The average molecular weight is 336 g/mol. The van der Waals surface area contributed by atoms with Crippen molar-refractivity contribution >= 4 is 5.91 Å². The number of hydrogen-bond acceptors (Lipinski definition) is 4. The first-order valence-electron chi connectivity index (χ1n) is 8.65. The molecule has 3 rings (SSSR count). The molecule has 1 saturated heterocycles. The first kappa shape index (κ1) is 17.2. The molecule has 5 nitrogen and oxygen atoms in total. The largest absolute Gasteiger partial charge is 0.491 e. The molecule has 0 unspecified atom stereocenters. The smallest absolute Gasteiger partial charge is 0.234 e. The van der Waals surface area contributed by atoms with E-state index in [1.54, 1.807) is 12.1 Å². The summed E-state index contributed by atoms with van der Waals surface area (Å²) in [6.45, 7) is 1.53. The third kappa shape index (κ3) is 4.68. The van der Waals surface area contributed by atoms with Crippen molar-refractivity contribution in [3.05, 3.63) is 30.1 Å². The predicted octanol–water partition coefficient (Wildman–Crippen LogP) is 1.70. The van der Waals surface area contributed by atoms with Crippen molar-refractivity contribution in [3.63, 3.8) is 0 Å². The van der Waals surface area contributed by atoms with Crippen LogP contribution in [0.5, 0.6) is 5.75 Å². The van der Waals surface area contributed by atoms with Crippen LogP contribution in [-0.4, -0.2) is 53.8 Å². The van der Waals surface area contributed by atoms with E-state index in [9.17, 15) is 14.3 Å². The summed E-state index contributed by atoms with van der Waals surface area (Å²) in [6.07, 6.45) is 5.08. The Hall–Kier alpha value is -1.66. The number of carbonyl (C=O) groups is 1. The summed E-state index contributed by atoms with van der Waals surface area (Å²) in [4.78, 5) is 14.0. The van der Waals surface area contributed by atoms with E-state index in [0.29, 0.717) is 37.8 Å². The summed E-state index contributed by atoms with van der Waals surface area (Å²) in [7, 11) is 0. The van der Waals surface area contributed by atoms with Crippen molar-refractivity contribution in [1.82, 2.24) is 10.2 Å². The number of aliphatic hydroxyl groups is 1. The number of halogens is 1. The number of likely N-dealkylation sites (tertiary alicyclic amines) is 1. The van der Waals surface area contributed by atoms with Crippen LogP contribution in [0.3, 0.4) is 0 Å². The lowest BCUT2D eigenvalue weighted by molar-refractivity contribution is -0.122. The topological polar surface area (TPSA) is 61.8 Å². The Morgan fingerprint density at radius 2 is 2.04 bits per heavy atom. The third-order valence-electron chi connectivity index (χ3n) is 4.82. The molecule has 0 aromatic heterocycles. The molecule has 1 saturated carbocycles. The lowest BCUT2D eigenvalue weighted by Gasteiger charge is -2.24. The van der Waals surface area contributed by atoms with Crippen molar-refractivity contribution < 1.29 is 19.0 Å². The Balaban J connectivity index is 1.43. The zero-order chi connectivity index (χ0) is 17.0. The van der Waals surface area contributed by atoms with Gasteiger partial charge in [-0.2, -0.15) is 0 Å². The number of nitrogens with zero attached hydrogens (tertiary/aromatic N) is 1. The highest BCUT2D eigenvalue weighted by molar-refractivity contribution is 5.78. The molecule has 1 aliphatic heterocycles. The molecule has 2 fully saturated rings. The molecule has 1 atom stereocenters. The van der Waals surface area contributed by atoms with Gasteiger partial charge >= 0.3 is 0 Å². The van der Waals surface area contributed by atoms with Gasteiger partial charge in [0.15, 0.2) is 0 Å². The normalized spacial score (nSPS) is 25.1. The molecule has 1 aromatic carbocycles. The summed E-state index contributed by atoms with van der Waals surface area (Å²) < 4.78 is 18.4. The molecule has 1 heterocycles. The van der Waals surface area contributed by atoms with Crippen LogP contribution in [0.4, 0.5) is 4.39 Å². The SMILES string of the molecule is O=C(CN1CC[C@@](O)(COc2ccc(F)cc2)C1)NC1CCCC1. The number of carbonyl (C=O) groups excluding carboxylic acids is 1. The van der Waals surface area contributed by atoms with Gasteiger partial charge in [0.25, 0.3) is 0 Å². The van der Waals surface area contributed by atoms with E-state index in [4.69, 9.17) is 4.74 Å². The van der Waals surface area contributed by atoms with Crippen LogP contribution in [0.25, 0.3) is 0 Å². The van der Waals surface area contributed by atoms with Crippen molar-refractivity contribution in [3.8, 4) is 5.75 Å². The summed E-state index contributed by atoms with van der Waals surface area (Å²) >= 11 is 0. The predicted molar refractivity (Wildman–Crippen MR) is 88.3 cm³/mol. The van der Waals surface area contributed by atoms with Crippen molar-refractivity contribution in [2.45, 2.75) is 43.7 Å². The lowest BCUT2D eigenvalue weighted by atomic mass is 10.1. The maximum absolute atomic E-state index is 12.9. The van der Waals surface area contributed by atoms with Gasteiger partial charge in [0, 0.05) is 19.1 Å². The van der Waals surface area contributed by atoms with E-state index >= 15 is 0 Å². The van der Waals surface area contributed by atoms with Gasteiger partial charge in [-0.15, -0.1) is 0 Å². The molecular formula is C18H25FN2O3. The summed E-state index contributed by atoms with van der Waals surface area (Å²) in [6, 6.07) is 6.06. The third-order valence-corrected chi connectivity index (χ3v) is 4.82. The molecule has 1 aliphatic carbocycles. The van der Waals surface area contributed by atoms with Crippen molar-refractivity contribution in [2.24, 2.45) is 0 Å². The van der Waals surface area contributed by atoms with Crippen LogP contribution in [-0.2, 0) is 4.79 Å². The monoisotopic (exact) mass is 336 g/mol. The fourth-order valence-electron chi connectivity index (χ4n) is 3.49. The molecule has 1 aromatic rings. The minimum atomic E-state index is -0.970. The van der Waals surface area contributed by atoms with E-state index in [0.717, 1.165) is 12.8 Å². The Labute approximate surface area is 141 Å². The van der Waals surface area contributed by atoms with E-state index in [1.807, 2.05) is 4.90 Å². The van der Waals surface area contributed by atoms with Gasteiger partial charge in [0.2, 0.25) is 5.91 Å². The second kappa shape index (κ2) is 7.49. The van der Waals surface area contributed by atoms with Crippen LogP contribution in [0, 0.1) is 5.82 Å². The van der Waals surface area contributed by atoms with Crippen LogP contribution in [0.1, 0.15) is 32.1 Å². The fraction of sp³-hybridized carbons (Fsp3) is 0.611. The zero-order valence-electron chi connectivity index (χ0n) is 13.8. The van der Waals surface area contributed by atoms with Gasteiger partial charge in [0.1, 0.15) is 23.8 Å². The molecule has 2 aliphatic rings. The minimum Gasteiger partial charge on any atom is -0.491 e. The number of hydrogen-bond donors (Lipinski definition) is 2. The van der Waals surface area contributed by atoms with Gasteiger partial charge in [0.05, 0.1) is 6.54 Å². The summed E-state index contributed by atoms with van der Waals surface area (Å²) in [5.74, 6) is 0.245. The molecule has 24 heavy (non-hydrogen) atoms. The molecule has 0 spiro atoms. The minimum absolute atomic E-state index is 0.0330. The highest BCUT2D eigenvalue weighted by atomic mass is 19.1. The van der Waals surface area contributed by atoms with E-state index in [2.05, 4.69) is 5.32 Å². The Morgan fingerprint density at radius 3 is 2.75 bits per heavy atom. The first-order valence-corrected chi connectivity index (χ1v) is 8.65. The molecule has 0 bridgehead atoms. The number of rotatable bonds is 6. The van der Waals surface area contributed by atoms with Crippen molar-refractivity contribution in [1.29, 1.82) is 0 Å². The highest BCUT2D eigenvalue weighted by Crippen LogP contribution is 2.23. The Kier molecular flexibility index (Phi) is 5.36. The van der Waals surface area contributed by atoms with Crippen LogP contribution < -0.4 is 10.1 Å². The van der Waals surface area contributed by atoms with Gasteiger partial charge < -0.3 is 15.2 Å². The highest BCUT2D eigenvalue weighted by Gasteiger charge is 2.37. The van der Waals surface area contributed by atoms with E-state index < -0.39 is 5.60 Å². The number of amides is 1. The van der Waals surface area contributed by atoms with Gasteiger partial charge in [-0.05, 0) is 43.5 Å². The summed E-state index contributed by atoms with van der Waals surface area (Å²) in [5, 5.41) is 13.7. The number of ether oxygens (including phenoxy) is 1. The van der Waals surface area contributed by atoms with Gasteiger partial charge in [-0.1, -0.05) is 12.8 Å². The molecule has 2 N–H and O–H groups in total. The standard InChI is InChI=1S/C18H25FN2O3/c19-14-5-7-16(8-6-14)24-13-18(23)9-10-21(12-18)11-17(22)20-15-3-1-2-4-15/h5-8,15,23H,1-4,9-13H2,(H,20,22)/t18-/m0/s1. The molecular weight excluding hydrogens is 311 g/mol. The van der Waals surface area contributed by atoms with E-state index in [1.165, 1.54) is 25.0 Å². The number of β-amino-alcohol motifs (C(OH)–C–C–N with tert-alkyl or cyclic N) is 1. The quantitative estimate of drug-likeness (QED) is 0.830. The first-order chi connectivity index (χ1) is 11.5. The molecule has 0 radical (unpaired) electrons. The molecule has 6 heteroatoms. The fourth-order valence-corrected chi connectivity index (χ4v) is 3.49. The maximum atomic E-state index is 12.9. The molecule has 1 amide bonds. The number of nitrogens with one attached hydrogen (secondary N) is 1. The van der Waals surface area contributed by atoms with Crippen LogP contribution in [0.15, 0.2) is 24.3 Å². The lowest BCUT2D eigenvalue weighted by Crippen LogP contribution is -2.43. The van der Waals surface area contributed by atoms with Gasteiger partial charge in [-0.25, -0.2) is 4.39 Å². The van der Waals surface area contributed by atoms with E-state index in [-0.39, 0.29) is 18.3 Å². The zero-order valence-corrected chi connectivity index (χ0v) is 13.8. The van der Waals surface area contributed by atoms with Crippen LogP contribution in [0.2, 0.25) is 0 Å². The second-order valence-corrected chi connectivity index (χ2v) is 6.98.